The van der Waals surface area contributed by atoms with E-state index in [9.17, 15) is 4.79 Å². The third kappa shape index (κ3) is 4.76. The summed E-state index contributed by atoms with van der Waals surface area (Å²) in [4.78, 5) is 11.8. The standard InChI is InChI=1S/C11H15NO2S/c1-9(13)12-5-3-4-10-6-11(7-14-2)15-8-10/h3-4,6,8H,5,7H2,1-2H3,(H,12,13). The Morgan fingerprint density at radius 3 is 3.13 bits per heavy atom. The molecule has 1 aromatic rings. The first-order valence-electron chi connectivity index (χ1n) is 4.69. The SMILES string of the molecule is COCc1cc(C=CCNC(C)=O)cs1. The number of ether oxygens (including phenoxy) is 1. The number of nitrogens with one attached hydrogen (secondary N) is 1. The second-order valence-corrected chi connectivity index (χ2v) is 4.11. The molecule has 0 atom stereocenters. The van der Waals surface area contributed by atoms with E-state index in [2.05, 4.69) is 16.8 Å². The van der Waals surface area contributed by atoms with E-state index in [4.69, 9.17) is 4.74 Å². The maximum atomic E-state index is 10.6. The number of hydrogen-bond acceptors (Lipinski definition) is 3. The molecule has 0 aliphatic heterocycles. The van der Waals surface area contributed by atoms with Crippen LogP contribution in [0.15, 0.2) is 17.5 Å². The first kappa shape index (κ1) is 11.9. The monoisotopic (exact) mass is 225 g/mol. The van der Waals surface area contributed by atoms with Crippen LogP contribution >= 0.6 is 11.3 Å². The van der Waals surface area contributed by atoms with Crippen molar-refractivity contribution in [3.63, 3.8) is 0 Å². The lowest BCUT2D eigenvalue weighted by atomic mass is 10.3. The molecule has 1 rings (SSSR count). The first-order chi connectivity index (χ1) is 7.22. The molecule has 0 fully saturated rings. The Hall–Kier alpha value is -1.13. The van der Waals surface area contributed by atoms with Crippen LogP contribution in [0.5, 0.6) is 0 Å². The number of thiophene rings is 1. The first-order valence-corrected chi connectivity index (χ1v) is 5.57. The predicted molar refractivity (Wildman–Crippen MR) is 62.7 cm³/mol. The molecule has 0 unspecified atom stereocenters. The van der Waals surface area contributed by atoms with Gasteiger partial charge in [0.25, 0.3) is 0 Å². The minimum absolute atomic E-state index is 0.00922. The molecule has 0 aliphatic carbocycles. The summed E-state index contributed by atoms with van der Waals surface area (Å²) in [5, 5.41) is 4.77. The van der Waals surface area contributed by atoms with Crippen molar-refractivity contribution in [3.8, 4) is 0 Å². The van der Waals surface area contributed by atoms with E-state index in [0.29, 0.717) is 13.2 Å². The van der Waals surface area contributed by atoms with E-state index in [-0.39, 0.29) is 5.91 Å². The molecule has 82 valence electrons. The summed E-state index contributed by atoms with van der Waals surface area (Å²) in [6.07, 6.45) is 3.92. The van der Waals surface area contributed by atoms with Crippen molar-refractivity contribution in [3.05, 3.63) is 28.0 Å². The Balaban J connectivity index is 2.39. The van der Waals surface area contributed by atoms with Crippen molar-refractivity contribution in [2.45, 2.75) is 13.5 Å². The van der Waals surface area contributed by atoms with Crippen molar-refractivity contribution in [1.29, 1.82) is 0 Å². The van der Waals surface area contributed by atoms with Crippen molar-refractivity contribution in [1.82, 2.24) is 5.32 Å². The lowest BCUT2D eigenvalue weighted by Gasteiger charge is -1.93. The van der Waals surface area contributed by atoms with E-state index in [0.717, 1.165) is 5.56 Å². The molecule has 0 spiro atoms. The molecule has 1 heterocycles. The summed E-state index contributed by atoms with van der Waals surface area (Å²) < 4.78 is 5.03. The molecular weight excluding hydrogens is 210 g/mol. The highest BCUT2D eigenvalue weighted by atomic mass is 32.1. The van der Waals surface area contributed by atoms with Crippen molar-refractivity contribution < 1.29 is 9.53 Å². The molecule has 3 nitrogen and oxygen atoms in total. The van der Waals surface area contributed by atoms with Gasteiger partial charge in [-0.05, 0) is 17.0 Å². The largest absolute Gasteiger partial charge is 0.379 e. The van der Waals surface area contributed by atoms with Crippen LogP contribution in [0.25, 0.3) is 6.08 Å². The van der Waals surface area contributed by atoms with Crippen molar-refractivity contribution >= 4 is 23.3 Å². The minimum atomic E-state index is -0.00922. The quantitative estimate of drug-likeness (QED) is 0.832. The number of carbonyl (C=O) groups excluding carboxylic acids is 1. The topological polar surface area (TPSA) is 38.3 Å². The summed E-state index contributed by atoms with van der Waals surface area (Å²) in [6, 6.07) is 2.08. The van der Waals surface area contributed by atoms with Gasteiger partial charge in [-0.15, -0.1) is 11.3 Å². The normalized spacial score (nSPS) is 10.8. The van der Waals surface area contributed by atoms with Gasteiger partial charge < -0.3 is 10.1 Å². The van der Waals surface area contributed by atoms with E-state index < -0.39 is 0 Å². The Kier molecular flexibility index (Phi) is 5.07. The van der Waals surface area contributed by atoms with Gasteiger partial charge in [0.15, 0.2) is 0 Å². The van der Waals surface area contributed by atoms with Gasteiger partial charge in [-0.1, -0.05) is 12.2 Å². The van der Waals surface area contributed by atoms with Gasteiger partial charge in [0.05, 0.1) is 6.61 Å². The fourth-order valence-electron chi connectivity index (χ4n) is 1.10. The molecule has 1 aromatic heterocycles. The van der Waals surface area contributed by atoms with Crippen LogP contribution in [-0.2, 0) is 16.1 Å². The maximum Gasteiger partial charge on any atom is 0.217 e. The van der Waals surface area contributed by atoms with Gasteiger partial charge in [0.1, 0.15) is 0 Å². The third-order valence-corrected chi connectivity index (χ3v) is 2.67. The van der Waals surface area contributed by atoms with Gasteiger partial charge in [-0.25, -0.2) is 0 Å². The number of hydrogen-bond donors (Lipinski definition) is 1. The van der Waals surface area contributed by atoms with Gasteiger partial charge in [-0.2, -0.15) is 0 Å². The zero-order valence-corrected chi connectivity index (χ0v) is 9.76. The average Bonchev–Trinajstić information content (AvgIpc) is 2.61. The van der Waals surface area contributed by atoms with Crippen LogP contribution in [0.2, 0.25) is 0 Å². The molecule has 0 aromatic carbocycles. The lowest BCUT2D eigenvalue weighted by molar-refractivity contribution is -0.118. The highest BCUT2D eigenvalue weighted by molar-refractivity contribution is 7.10. The minimum Gasteiger partial charge on any atom is -0.379 e. The van der Waals surface area contributed by atoms with Crippen LogP contribution < -0.4 is 5.32 Å². The van der Waals surface area contributed by atoms with E-state index in [1.54, 1.807) is 18.4 Å². The van der Waals surface area contributed by atoms with Crippen molar-refractivity contribution in [2.24, 2.45) is 0 Å². The summed E-state index contributed by atoms with van der Waals surface area (Å²) in [5.74, 6) is -0.00922. The van der Waals surface area contributed by atoms with E-state index in [1.807, 2.05) is 12.2 Å². The Labute approximate surface area is 93.8 Å². The van der Waals surface area contributed by atoms with Gasteiger partial charge in [0, 0.05) is 25.5 Å². The average molecular weight is 225 g/mol. The highest BCUT2D eigenvalue weighted by Crippen LogP contribution is 2.16. The van der Waals surface area contributed by atoms with E-state index in [1.165, 1.54) is 11.8 Å². The summed E-state index contributed by atoms with van der Waals surface area (Å²) in [7, 11) is 1.69. The molecule has 1 N–H and O–H groups in total. The molecule has 0 bridgehead atoms. The Morgan fingerprint density at radius 2 is 2.47 bits per heavy atom. The van der Waals surface area contributed by atoms with Crippen LogP contribution in [0, 0.1) is 0 Å². The number of amides is 1. The van der Waals surface area contributed by atoms with Crippen molar-refractivity contribution in [2.75, 3.05) is 13.7 Å². The van der Waals surface area contributed by atoms with Crippen LogP contribution in [-0.4, -0.2) is 19.6 Å². The molecule has 4 heteroatoms. The summed E-state index contributed by atoms with van der Waals surface area (Å²) >= 11 is 1.67. The van der Waals surface area contributed by atoms with Crippen LogP contribution in [0.3, 0.4) is 0 Å². The van der Waals surface area contributed by atoms with E-state index >= 15 is 0 Å². The Bertz CT molecular complexity index is 344. The number of rotatable bonds is 5. The number of methoxy groups -OCH3 is 1. The summed E-state index contributed by atoms with van der Waals surface area (Å²) in [5.41, 5.74) is 1.15. The van der Waals surface area contributed by atoms with Crippen LogP contribution in [0.1, 0.15) is 17.4 Å². The van der Waals surface area contributed by atoms with Gasteiger partial charge in [-0.3, -0.25) is 4.79 Å². The lowest BCUT2D eigenvalue weighted by Crippen LogP contribution is -2.19. The molecular formula is C11H15NO2S. The Morgan fingerprint density at radius 1 is 1.67 bits per heavy atom. The molecule has 0 aliphatic rings. The smallest absolute Gasteiger partial charge is 0.217 e. The molecule has 1 amide bonds. The second-order valence-electron chi connectivity index (χ2n) is 3.12. The molecule has 0 saturated heterocycles. The molecule has 15 heavy (non-hydrogen) atoms. The fraction of sp³-hybridized carbons (Fsp3) is 0.364. The molecule has 0 saturated carbocycles. The van der Waals surface area contributed by atoms with Gasteiger partial charge >= 0.3 is 0 Å². The van der Waals surface area contributed by atoms with Gasteiger partial charge in [0.2, 0.25) is 5.91 Å². The third-order valence-electron chi connectivity index (χ3n) is 1.74. The predicted octanol–water partition coefficient (Wildman–Crippen LogP) is 2.04. The maximum absolute atomic E-state index is 10.6. The fourth-order valence-corrected chi connectivity index (χ4v) is 1.92. The zero-order valence-electron chi connectivity index (χ0n) is 8.95. The number of carbonyl (C=O) groups is 1. The molecule has 0 radical (unpaired) electrons. The second kappa shape index (κ2) is 6.37. The van der Waals surface area contributed by atoms with Crippen LogP contribution in [0.4, 0.5) is 0 Å². The highest BCUT2D eigenvalue weighted by Gasteiger charge is 1.95. The summed E-state index contributed by atoms with van der Waals surface area (Å²) in [6.45, 7) is 2.74. The zero-order chi connectivity index (χ0) is 11.1.